The van der Waals surface area contributed by atoms with E-state index in [9.17, 15) is 15.2 Å². The number of aryl methyl sites for hydroxylation is 1. The van der Waals surface area contributed by atoms with Crippen LogP contribution in [-0.4, -0.2) is 41.6 Å². The number of hydrogen-bond donors (Lipinski definition) is 1. The first-order valence-electron chi connectivity index (χ1n) is 16.8. The summed E-state index contributed by atoms with van der Waals surface area (Å²) in [6.45, 7) is 5.67. The molecule has 2 aliphatic rings. The highest BCUT2D eigenvalue weighted by Gasteiger charge is 2.35. The first-order chi connectivity index (χ1) is 24.4. The second-order valence-corrected chi connectivity index (χ2v) is 14.3. The maximum absolute atomic E-state index is 11.7. The standard InChI is InChI=1S/C39H36N4O5S2/c1-3-4-5-6-17-46-29-14-10-25(11-15-29)32-22-31(37-36-35(47-18-19-48-36)34(49-37)21-27(23-40)39(44)45)42-43(32)28-12-8-26(9-13-28)38-41-30-16-7-24(2)20-33(30)50-38/h7-16,20-21,32H,3-6,17-19,22H2,1-2H3,(H,44,45)/b27-21+. The van der Waals surface area contributed by atoms with Crippen molar-refractivity contribution < 1.29 is 24.1 Å². The van der Waals surface area contributed by atoms with Crippen LogP contribution in [0, 0.1) is 18.3 Å². The Balaban J connectivity index is 1.22. The minimum Gasteiger partial charge on any atom is -0.494 e. The fraction of sp³-hybridized carbons (Fsp3) is 0.282. The molecule has 3 aromatic carbocycles. The molecule has 0 aliphatic carbocycles. The van der Waals surface area contributed by atoms with Gasteiger partial charge in [0.25, 0.3) is 0 Å². The van der Waals surface area contributed by atoms with E-state index in [-0.39, 0.29) is 11.6 Å². The SMILES string of the molecule is CCCCCCOc1ccc(C2CC(c3sc(/C=C(\C#N)C(=O)O)c4c3OCCO4)=NN2c2ccc(-c3nc4ccc(C)cc4s3)cc2)cc1. The zero-order valence-electron chi connectivity index (χ0n) is 27.8. The number of carbonyl (C=O) groups is 1. The lowest BCUT2D eigenvalue weighted by atomic mass is 10.00. The van der Waals surface area contributed by atoms with Gasteiger partial charge in [-0.05, 0) is 79.1 Å². The van der Waals surface area contributed by atoms with Crippen molar-refractivity contribution in [2.45, 2.75) is 52.0 Å². The van der Waals surface area contributed by atoms with Gasteiger partial charge in [-0.25, -0.2) is 9.78 Å². The monoisotopic (exact) mass is 704 g/mol. The highest BCUT2D eigenvalue weighted by molar-refractivity contribution is 7.21. The van der Waals surface area contributed by atoms with Crippen LogP contribution in [-0.2, 0) is 4.79 Å². The summed E-state index contributed by atoms with van der Waals surface area (Å²) in [7, 11) is 0. The minimum atomic E-state index is -1.30. The summed E-state index contributed by atoms with van der Waals surface area (Å²) < 4.78 is 19.2. The molecule has 254 valence electrons. The normalized spacial score (nSPS) is 15.6. The van der Waals surface area contributed by atoms with E-state index in [0.717, 1.165) is 61.2 Å². The molecule has 5 aromatic rings. The molecule has 2 aromatic heterocycles. The maximum Gasteiger partial charge on any atom is 0.346 e. The predicted octanol–water partition coefficient (Wildman–Crippen LogP) is 9.41. The van der Waals surface area contributed by atoms with Crippen LogP contribution in [0.4, 0.5) is 5.69 Å². The third kappa shape index (κ3) is 6.95. The Hall–Kier alpha value is -5.18. The van der Waals surface area contributed by atoms with Gasteiger partial charge < -0.3 is 19.3 Å². The van der Waals surface area contributed by atoms with Crippen molar-refractivity contribution in [1.29, 1.82) is 5.26 Å². The fourth-order valence-corrected chi connectivity index (χ4v) is 8.29. The second kappa shape index (κ2) is 14.7. The number of thiazole rings is 1. The van der Waals surface area contributed by atoms with Gasteiger partial charge in [0.15, 0.2) is 11.5 Å². The third-order valence-corrected chi connectivity index (χ3v) is 10.9. The lowest BCUT2D eigenvalue weighted by Crippen LogP contribution is -2.18. The van der Waals surface area contributed by atoms with Crippen LogP contribution in [0.15, 0.2) is 77.4 Å². The molecule has 4 heterocycles. The highest BCUT2D eigenvalue weighted by Crippen LogP contribution is 2.48. The number of unbranched alkanes of at least 4 members (excludes halogenated alkanes) is 3. The van der Waals surface area contributed by atoms with Crippen LogP contribution < -0.4 is 19.2 Å². The molecule has 50 heavy (non-hydrogen) atoms. The molecule has 0 saturated carbocycles. The number of hydrogen-bond acceptors (Lipinski definition) is 10. The number of aliphatic carboxylic acids is 1. The molecule has 0 spiro atoms. The number of aromatic nitrogens is 1. The number of nitriles is 1. The summed E-state index contributed by atoms with van der Waals surface area (Å²) in [5, 5.41) is 27.1. The molecule has 9 nitrogen and oxygen atoms in total. The summed E-state index contributed by atoms with van der Waals surface area (Å²) in [4.78, 5) is 17.8. The zero-order valence-corrected chi connectivity index (χ0v) is 29.5. The molecule has 0 saturated heterocycles. The van der Waals surface area contributed by atoms with Crippen molar-refractivity contribution in [2.75, 3.05) is 24.8 Å². The summed E-state index contributed by atoms with van der Waals surface area (Å²) in [5.74, 6) is 0.518. The topological polar surface area (TPSA) is 117 Å². The van der Waals surface area contributed by atoms with Crippen LogP contribution in [0.2, 0.25) is 0 Å². The van der Waals surface area contributed by atoms with Crippen molar-refractivity contribution >= 4 is 56.3 Å². The fourth-order valence-electron chi connectivity index (χ4n) is 6.09. The first-order valence-corrected chi connectivity index (χ1v) is 18.4. The summed E-state index contributed by atoms with van der Waals surface area (Å²) in [6, 6.07) is 24.5. The Morgan fingerprint density at radius 3 is 2.56 bits per heavy atom. The van der Waals surface area contributed by atoms with E-state index in [4.69, 9.17) is 24.3 Å². The van der Waals surface area contributed by atoms with Crippen molar-refractivity contribution in [3.8, 4) is 33.9 Å². The molecule has 1 N–H and O–H groups in total. The molecule has 11 heteroatoms. The lowest BCUT2D eigenvalue weighted by Gasteiger charge is -2.24. The number of carboxylic acids is 1. The number of rotatable bonds is 12. The summed E-state index contributed by atoms with van der Waals surface area (Å²) in [5.41, 5.74) is 5.65. The van der Waals surface area contributed by atoms with Gasteiger partial charge in [-0.1, -0.05) is 44.4 Å². The minimum absolute atomic E-state index is 0.130. The summed E-state index contributed by atoms with van der Waals surface area (Å²) >= 11 is 3.00. The van der Waals surface area contributed by atoms with Crippen molar-refractivity contribution in [2.24, 2.45) is 5.10 Å². The van der Waals surface area contributed by atoms with Gasteiger partial charge in [0, 0.05) is 12.0 Å². The first kappa shape index (κ1) is 33.3. The molecule has 1 atom stereocenters. The number of fused-ring (bicyclic) bond motifs is 2. The van der Waals surface area contributed by atoms with Gasteiger partial charge in [-0.2, -0.15) is 10.4 Å². The molecule has 7 rings (SSSR count). The van der Waals surface area contributed by atoms with Crippen molar-refractivity contribution in [1.82, 2.24) is 4.98 Å². The van der Waals surface area contributed by atoms with Gasteiger partial charge >= 0.3 is 5.97 Å². The van der Waals surface area contributed by atoms with Crippen LogP contribution in [0.1, 0.15) is 66.0 Å². The van der Waals surface area contributed by atoms with Crippen LogP contribution in [0.25, 0.3) is 26.9 Å². The summed E-state index contributed by atoms with van der Waals surface area (Å²) in [6.07, 6.45) is 6.51. The van der Waals surface area contributed by atoms with E-state index in [2.05, 4.69) is 68.4 Å². The molecule has 0 bridgehead atoms. The molecule has 0 radical (unpaired) electrons. The van der Waals surface area contributed by atoms with Gasteiger partial charge in [-0.15, -0.1) is 22.7 Å². The Kier molecular flexibility index (Phi) is 9.83. The quantitative estimate of drug-likeness (QED) is 0.0776. The number of carboxylic acid groups (broad SMARTS) is 1. The number of hydrazone groups is 1. The lowest BCUT2D eigenvalue weighted by molar-refractivity contribution is -0.132. The Morgan fingerprint density at radius 1 is 1.04 bits per heavy atom. The number of nitrogens with zero attached hydrogens (tertiary/aromatic N) is 4. The van der Waals surface area contributed by atoms with E-state index in [1.165, 1.54) is 35.8 Å². The van der Waals surface area contributed by atoms with E-state index in [1.807, 2.05) is 17.1 Å². The van der Waals surface area contributed by atoms with Crippen LogP contribution in [0.5, 0.6) is 17.2 Å². The zero-order chi connectivity index (χ0) is 34.6. The smallest absolute Gasteiger partial charge is 0.346 e. The van der Waals surface area contributed by atoms with E-state index in [0.29, 0.717) is 42.6 Å². The number of anilines is 1. The second-order valence-electron chi connectivity index (χ2n) is 12.3. The van der Waals surface area contributed by atoms with Gasteiger partial charge in [0.2, 0.25) is 0 Å². The average Bonchev–Trinajstić information content (AvgIpc) is 3.86. The van der Waals surface area contributed by atoms with E-state index in [1.54, 1.807) is 17.4 Å². The molecule has 1 unspecified atom stereocenters. The van der Waals surface area contributed by atoms with Crippen LogP contribution in [0.3, 0.4) is 0 Å². The molecular formula is C39H36N4O5S2. The van der Waals surface area contributed by atoms with Crippen molar-refractivity contribution in [3.63, 3.8) is 0 Å². The third-order valence-electron chi connectivity index (χ3n) is 8.68. The van der Waals surface area contributed by atoms with Gasteiger partial charge in [-0.3, -0.25) is 5.01 Å². The van der Waals surface area contributed by atoms with Crippen LogP contribution >= 0.6 is 22.7 Å². The molecule has 0 amide bonds. The van der Waals surface area contributed by atoms with Gasteiger partial charge in [0.1, 0.15) is 35.6 Å². The van der Waals surface area contributed by atoms with Gasteiger partial charge in [0.05, 0.1) is 44.0 Å². The molecule has 0 fully saturated rings. The molecular weight excluding hydrogens is 669 g/mol. The largest absolute Gasteiger partial charge is 0.494 e. The van der Waals surface area contributed by atoms with Crippen molar-refractivity contribution in [3.05, 3.63) is 93.2 Å². The highest BCUT2D eigenvalue weighted by atomic mass is 32.1. The Bertz CT molecular complexity index is 2130. The molecule has 2 aliphatic heterocycles. The van der Waals surface area contributed by atoms with E-state index >= 15 is 0 Å². The Labute approximate surface area is 298 Å². The predicted molar refractivity (Wildman–Crippen MR) is 199 cm³/mol. The number of benzene rings is 3. The number of ether oxygens (including phenoxy) is 3. The average molecular weight is 705 g/mol. The Morgan fingerprint density at radius 2 is 1.82 bits per heavy atom. The maximum atomic E-state index is 11.7. The van der Waals surface area contributed by atoms with E-state index < -0.39 is 5.97 Å². The number of thiophene rings is 1.